The molecule has 9 heteroatoms. The van der Waals surface area contributed by atoms with E-state index < -0.39 is 0 Å². The van der Waals surface area contributed by atoms with Gasteiger partial charge in [-0.15, -0.1) is 0 Å². The van der Waals surface area contributed by atoms with E-state index in [0.717, 1.165) is 80.7 Å². The molecule has 0 radical (unpaired) electrons. The first kappa shape index (κ1) is 25.5. The molecule has 0 bridgehead atoms. The van der Waals surface area contributed by atoms with Crippen LogP contribution in [0.2, 0.25) is 0 Å². The van der Waals surface area contributed by atoms with Crippen molar-refractivity contribution < 1.29 is 14.3 Å². The summed E-state index contributed by atoms with van der Waals surface area (Å²) < 4.78 is 11.7. The molecule has 1 N–H and O–H groups in total. The van der Waals surface area contributed by atoms with E-state index in [1.165, 1.54) is 11.6 Å². The maximum atomic E-state index is 11.7. The van der Waals surface area contributed by atoms with E-state index in [0.29, 0.717) is 31.8 Å². The molecule has 9 nitrogen and oxygen atoms in total. The van der Waals surface area contributed by atoms with Gasteiger partial charge in [-0.2, -0.15) is 0 Å². The molecule has 0 unspecified atom stereocenters. The molecule has 2 aromatic rings. The summed E-state index contributed by atoms with van der Waals surface area (Å²) in [5.41, 5.74) is 3.29. The molecular formula is C28H38N6O3. The normalized spacial score (nSPS) is 20.2. The summed E-state index contributed by atoms with van der Waals surface area (Å²) in [7, 11) is 0. The zero-order chi connectivity index (χ0) is 25.8. The minimum Gasteiger partial charge on any atom is -0.486 e. The topological polar surface area (TPSA) is 83.1 Å². The molecule has 5 heterocycles. The summed E-state index contributed by atoms with van der Waals surface area (Å²) in [5.74, 6) is 3.14. The summed E-state index contributed by atoms with van der Waals surface area (Å²) in [5, 5.41) is 3.54. The molecule has 37 heavy (non-hydrogen) atoms. The van der Waals surface area contributed by atoms with Crippen LogP contribution in [0.5, 0.6) is 5.75 Å². The first-order valence-corrected chi connectivity index (χ1v) is 13.6. The van der Waals surface area contributed by atoms with Gasteiger partial charge in [-0.3, -0.25) is 9.69 Å². The first-order chi connectivity index (χ1) is 18.2. The number of benzene rings is 1. The van der Waals surface area contributed by atoms with Crippen LogP contribution in [0.3, 0.4) is 0 Å². The molecule has 4 aliphatic rings. The average molecular weight is 507 g/mol. The molecular weight excluding hydrogens is 468 g/mol. The van der Waals surface area contributed by atoms with E-state index in [2.05, 4.69) is 49.9 Å². The number of nitrogens with zero attached hydrogens (tertiary/aromatic N) is 5. The van der Waals surface area contributed by atoms with Crippen LogP contribution in [0.15, 0.2) is 37.2 Å². The molecule has 0 saturated carbocycles. The van der Waals surface area contributed by atoms with Crippen LogP contribution in [0.4, 0.5) is 17.3 Å². The Balaban J connectivity index is 0.00000137. The molecule has 1 aromatic heterocycles. The highest BCUT2D eigenvalue weighted by Crippen LogP contribution is 2.39. The van der Waals surface area contributed by atoms with Crippen LogP contribution >= 0.6 is 0 Å². The number of morpholine rings is 1. The number of carbonyl (C=O) groups is 1. The molecule has 0 spiro atoms. The Hall–Kier alpha value is -3.17. The van der Waals surface area contributed by atoms with Crippen molar-refractivity contribution in [2.75, 3.05) is 62.7 Å². The number of piperidine rings is 1. The van der Waals surface area contributed by atoms with Crippen LogP contribution < -0.4 is 15.0 Å². The number of aromatic nitrogens is 2. The SMILES string of the molecule is C=CC(=O)N1CC(N2CCC(c3ccc4c(c3)Nc3ncnc(N5CCOCC5)c3CO4)CC2)C1.CC. The minimum absolute atomic E-state index is 0.0414. The van der Waals surface area contributed by atoms with Crippen LogP contribution in [0.1, 0.15) is 43.7 Å². The van der Waals surface area contributed by atoms with E-state index in [4.69, 9.17) is 9.47 Å². The number of fused-ring (bicyclic) bond motifs is 2. The third kappa shape index (κ3) is 5.29. The van der Waals surface area contributed by atoms with Crippen LogP contribution in [-0.4, -0.2) is 84.2 Å². The standard InChI is InChI=1S/C26H32N6O3.C2H6/c1-2-24(33)32-14-20(15-32)30-7-5-18(6-8-30)19-3-4-23-22(13-19)29-25-21(16-35-23)26(28-17-27-25)31-9-11-34-12-10-31;1-2/h2-4,13,17-18,20H,1,5-12,14-16H2,(H,27,28,29);1-2H3. The number of amides is 1. The largest absolute Gasteiger partial charge is 0.486 e. The van der Waals surface area contributed by atoms with E-state index in [1.807, 2.05) is 18.7 Å². The van der Waals surface area contributed by atoms with Gasteiger partial charge in [0, 0.05) is 32.2 Å². The highest BCUT2D eigenvalue weighted by atomic mass is 16.5. The Labute approximate surface area is 219 Å². The minimum atomic E-state index is 0.0414. The zero-order valence-corrected chi connectivity index (χ0v) is 22.0. The maximum absolute atomic E-state index is 11.7. The second-order valence-electron chi connectivity index (χ2n) is 9.70. The number of anilines is 3. The molecule has 0 atom stereocenters. The second kappa shape index (κ2) is 11.5. The average Bonchev–Trinajstić information content (AvgIpc) is 3.13. The smallest absolute Gasteiger partial charge is 0.246 e. The highest BCUT2D eigenvalue weighted by molar-refractivity contribution is 5.87. The van der Waals surface area contributed by atoms with Crippen LogP contribution in [0, 0.1) is 0 Å². The van der Waals surface area contributed by atoms with Gasteiger partial charge in [-0.25, -0.2) is 9.97 Å². The van der Waals surface area contributed by atoms with Crippen LogP contribution in [-0.2, 0) is 16.1 Å². The van der Waals surface area contributed by atoms with Crippen molar-refractivity contribution in [1.82, 2.24) is 19.8 Å². The quantitative estimate of drug-likeness (QED) is 0.631. The Morgan fingerprint density at radius 3 is 2.59 bits per heavy atom. The molecule has 0 aliphatic carbocycles. The summed E-state index contributed by atoms with van der Waals surface area (Å²) in [6, 6.07) is 7.01. The van der Waals surface area contributed by atoms with Gasteiger partial charge in [0.1, 0.15) is 30.3 Å². The number of hydrogen-bond acceptors (Lipinski definition) is 8. The lowest BCUT2D eigenvalue weighted by molar-refractivity contribution is -0.133. The van der Waals surface area contributed by atoms with Gasteiger partial charge in [-0.05, 0) is 55.6 Å². The van der Waals surface area contributed by atoms with Gasteiger partial charge in [0.15, 0.2) is 0 Å². The van der Waals surface area contributed by atoms with Gasteiger partial charge < -0.3 is 24.6 Å². The molecule has 6 rings (SSSR count). The Kier molecular flexibility index (Phi) is 7.90. The second-order valence-corrected chi connectivity index (χ2v) is 9.70. The van der Waals surface area contributed by atoms with Gasteiger partial charge in [-0.1, -0.05) is 26.5 Å². The molecule has 198 valence electrons. The van der Waals surface area contributed by atoms with Crippen molar-refractivity contribution in [3.05, 3.63) is 48.3 Å². The van der Waals surface area contributed by atoms with Gasteiger partial charge in [0.25, 0.3) is 0 Å². The van der Waals surface area contributed by atoms with Crippen molar-refractivity contribution in [2.24, 2.45) is 0 Å². The number of likely N-dealkylation sites (tertiary alicyclic amines) is 2. The lowest BCUT2D eigenvalue weighted by Crippen LogP contribution is -2.61. The number of carbonyl (C=O) groups excluding carboxylic acids is 1. The summed E-state index contributed by atoms with van der Waals surface area (Å²) in [4.78, 5) is 27.5. The van der Waals surface area contributed by atoms with Gasteiger partial charge >= 0.3 is 0 Å². The fraction of sp³-hybridized carbons (Fsp3) is 0.536. The third-order valence-corrected chi connectivity index (χ3v) is 7.73. The van der Waals surface area contributed by atoms with Crippen LogP contribution in [0.25, 0.3) is 0 Å². The molecule has 1 amide bonds. The number of hydrogen-bond donors (Lipinski definition) is 1. The van der Waals surface area contributed by atoms with Crippen molar-refractivity contribution in [3.63, 3.8) is 0 Å². The Morgan fingerprint density at radius 2 is 1.86 bits per heavy atom. The van der Waals surface area contributed by atoms with Crippen molar-refractivity contribution in [2.45, 2.75) is 45.3 Å². The van der Waals surface area contributed by atoms with E-state index in [1.54, 1.807) is 6.33 Å². The predicted molar refractivity (Wildman–Crippen MR) is 145 cm³/mol. The molecule has 4 aliphatic heterocycles. The Bertz CT molecular complexity index is 1110. The monoisotopic (exact) mass is 506 g/mol. The lowest BCUT2D eigenvalue weighted by Gasteiger charge is -2.47. The predicted octanol–water partition coefficient (Wildman–Crippen LogP) is 3.55. The third-order valence-electron chi connectivity index (χ3n) is 7.73. The first-order valence-electron chi connectivity index (χ1n) is 13.6. The number of ether oxygens (including phenoxy) is 2. The zero-order valence-electron chi connectivity index (χ0n) is 22.0. The molecule has 1 aromatic carbocycles. The fourth-order valence-electron chi connectivity index (χ4n) is 5.59. The summed E-state index contributed by atoms with van der Waals surface area (Å²) in [6.45, 7) is 14.9. The fourth-order valence-corrected chi connectivity index (χ4v) is 5.59. The lowest BCUT2D eigenvalue weighted by atomic mass is 9.88. The molecule has 3 saturated heterocycles. The van der Waals surface area contributed by atoms with Crippen molar-refractivity contribution in [3.8, 4) is 5.75 Å². The van der Waals surface area contributed by atoms with Gasteiger partial charge in [0.05, 0.1) is 24.5 Å². The van der Waals surface area contributed by atoms with E-state index in [9.17, 15) is 4.79 Å². The van der Waals surface area contributed by atoms with Gasteiger partial charge in [0.2, 0.25) is 5.91 Å². The Morgan fingerprint density at radius 1 is 1.11 bits per heavy atom. The molecule has 3 fully saturated rings. The number of rotatable bonds is 4. The van der Waals surface area contributed by atoms with E-state index in [-0.39, 0.29) is 5.91 Å². The van der Waals surface area contributed by atoms with Crippen molar-refractivity contribution in [1.29, 1.82) is 0 Å². The maximum Gasteiger partial charge on any atom is 0.246 e. The number of nitrogens with one attached hydrogen (secondary N) is 1. The van der Waals surface area contributed by atoms with E-state index >= 15 is 0 Å². The van der Waals surface area contributed by atoms with Crippen molar-refractivity contribution >= 4 is 23.2 Å². The highest BCUT2D eigenvalue weighted by Gasteiger charge is 2.35. The summed E-state index contributed by atoms with van der Waals surface area (Å²) >= 11 is 0. The summed E-state index contributed by atoms with van der Waals surface area (Å²) in [6.07, 6.45) is 5.27.